The highest BCUT2D eigenvalue weighted by molar-refractivity contribution is 5.76. The van der Waals surface area contributed by atoms with Gasteiger partial charge in [-0.15, -0.1) is 0 Å². The predicted molar refractivity (Wildman–Crippen MR) is 89.6 cm³/mol. The van der Waals surface area contributed by atoms with Crippen molar-refractivity contribution in [2.45, 2.75) is 71.8 Å². The summed E-state index contributed by atoms with van der Waals surface area (Å²) in [7, 11) is 0. The number of esters is 1. The zero-order valence-corrected chi connectivity index (χ0v) is 15.2. The number of carbonyl (C=O) groups excluding carboxylic acids is 1. The van der Waals surface area contributed by atoms with Crippen molar-refractivity contribution in [3.8, 4) is 0 Å². The summed E-state index contributed by atoms with van der Waals surface area (Å²) in [4.78, 5) is 12.9. The molecule has 5 unspecified atom stereocenters. The van der Waals surface area contributed by atoms with E-state index in [0.29, 0.717) is 11.8 Å². The van der Waals surface area contributed by atoms with Gasteiger partial charge in [-0.05, 0) is 101 Å². The van der Waals surface area contributed by atoms with Crippen LogP contribution in [0.2, 0.25) is 0 Å². The Hall–Kier alpha value is -0.530. The molecule has 7 fully saturated rings. The molecule has 0 radical (unpaired) electrons. The van der Waals surface area contributed by atoms with Crippen LogP contribution in [0.3, 0.4) is 0 Å². The van der Waals surface area contributed by atoms with Crippen molar-refractivity contribution in [2.24, 2.45) is 52.8 Å². The van der Waals surface area contributed by atoms with Gasteiger partial charge in [0.1, 0.15) is 5.60 Å². The molecule has 128 valence electrons. The molecule has 0 aromatic heterocycles. The van der Waals surface area contributed by atoms with Crippen LogP contribution >= 0.6 is 0 Å². The molecule has 0 aromatic rings. The Morgan fingerprint density at radius 1 is 1.00 bits per heavy atom. The van der Waals surface area contributed by atoms with Gasteiger partial charge in [0.2, 0.25) is 0 Å². The molecular formula is C21H32O2. The number of carbonyl (C=O) groups is 1. The Morgan fingerprint density at radius 3 is 2.09 bits per heavy atom. The van der Waals surface area contributed by atoms with Crippen LogP contribution < -0.4 is 0 Å². The molecule has 23 heavy (non-hydrogen) atoms. The van der Waals surface area contributed by atoms with Crippen LogP contribution in [0.1, 0.15) is 66.2 Å². The van der Waals surface area contributed by atoms with E-state index in [1.165, 1.54) is 32.1 Å². The molecule has 7 aliphatic rings. The number of hydrogen-bond donors (Lipinski definition) is 0. The van der Waals surface area contributed by atoms with E-state index >= 15 is 0 Å². The average molecular weight is 316 g/mol. The van der Waals surface area contributed by atoms with Gasteiger partial charge in [-0.1, -0.05) is 6.92 Å². The van der Waals surface area contributed by atoms with E-state index in [9.17, 15) is 4.79 Å². The summed E-state index contributed by atoms with van der Waals surface area (Å²) in [6, 6.07) is 0. The topological polar surface area (TPSA) is 26.3 Å². The highest BCUT2D eigenvalue weighted by Gasteiger charge is 2.71. The van der Waals surface area contributed by atoms with E-state index in [1.807, 2.05) is 13.8 Å². The van der Waals surface area contributed by atoms with Crippen molar-refractivity contribution in [3.63, 3.8) is 0 Å². The van der Waals surface area contributed by atoms with Crippen molar-refractivity contribution < 1.29 is 9.53 Å². The molecule has 7 saturated carbocycles. The molecule has 0 aromatic carbocycles. The molecule has 0 saturated heterocycles. The van der Waals surface area contributed by atoms with E-state index < -0.39 is 0 Å². The monoisotopic (exact) mass is 316 g/mol. The first-order valence-electron chi connectivity index (χ1n) is 10.1. The zero-order chi connectivity index (χ0) is 16.1. The maximum atomic E-state index is 12.9. The summed E-state index contributed by atoms with van der Waals surface area (Å²) < 4.78 is 6.42. The third kappa shape index (κ3) is 1.69. The molecule has 0 spiro atoms. The first kappa shape index (κ1) is 14.8. The predicted octanol–water partition coefficient (Wildman–Crippen LogP) is 4.67. The van der Waals surface area contributed by atoms with Crippen LogP contribution in [0.15, 0.2) is 0 Å². The quantitative estimate of drug-likeness (QED) is 0.707. The van der Waals surface area contributed by atoms with Crippen LogP contribution in [0, 0.1) is 52.8 Å². The van der Waals surface area contributed by atoms with Crippen LogP contribution in [0.4, 0.5) is 0 Å². The van der Waals surface area contributed by atoms with Gasteiger partial charge in [0.05, 0.1) is 5.41 Å². The molecule has 0 amide bonds. The lowest BCUT2D eigenvalue weighted by molar-refractivity contribution is -0.291. The van der Waals surface area contributed by atoms with Gasteiger partial charge in [0, 0.05) is 5.92 Å². The second-order valence-corrected chi connectivity index (χ2v) is 10.4. The van der Waals surface area contributed by atoms with Crippen molar-refractivity contribution in [1.29, 1.82) is 0 Å². The van der Waals surface area contributed by atoms with Crippen molar-refractivity contribution in [1.82, 2.24) is 0 Å². The van der Waals surface area contributed by atoms with E-state index in [0.717, 1.165) is 41.9 Å². The van der Waals surface area contributed by atoms with Gasteiger partial charge in [-0.25, -0.2) is 0 Å². The Labute approximate surface area is 140 Å². The van der Waals surface area contributed by atoms with E-state index in [-0.39, 0.29) is 17.0 Å². The van der Waals surface area contributed by atoms with E-state index in [1.54, 1.807) is 0 Å². The average Bonchev–Trinajstić information content (AvgIpc) is 2.52. The first-order chi connectivity index (χ1) is 10.8. The normalized spacial score (nSPS) is 55.5. The van der Waals surface area contributed by atoms with Gasteiger partial charge in [-0.2, -0.15) is 0 Å². The summed E-state index contributed by atoms with van der Waals surface area (Å²) in [5.74, 6) is 7.09. The van der Waals surface area contributed by atoms with Crippen molar-refractivity contribution >= 4 is 5.97 Å². The summed E-state index contributed by atoms with van der Waals surface area (Å²) in [6.45, 7) is 8.51. The third-order valence-corrected chi connectivity index (χ3v) is 9.27. The highest BCUT2D eigenvalue weighted by atomic mass is 16.6. The van der Waals surface area contributed by atoms with E-state index in [2.05, 4.69) is 13.8 Å². The molecule has 0 N–H and O–H groups in total. The summed E-state index contributed by atoms with van der Waals surface area (Å²) in [6.07, 6.45) is 7.95. The fourth-order valence-electron chi connectivity index (χ4n) is 7.91. The lowest BCUT2D eigenvalue weighted by Gasteiger charge is -2.74. The first-order valence-corrected chi connectivity index (χ1v) is 10.1. The van der Waals surface area contributed by atoms with Crippen LogP contribution in [0.25, 0.3) is 0 Å². The number of hydrogen-bond acceptors (Lipinski definition) is 2. The second kappa shape index (κ2) is 4.35. The van der Waals surface area contributed by atoms with E-state index in [4.69, 9.17) is 4.74 Å². The summed E-state index contributed by atoms with van der Waals surface area (Å²) in [5, 5.41) is 0. The van der Waals surface area contributed by atoms with Crippen LogP contribution in [-0.2, 0) is 9.53 Å². The smallest absolute Gasteiger partial charge is 0.312 e. The minimum atomic E-state index is -0.338. The Balaban J connectivity index is 1.49. The Bertz CT molecular complexity index is 528. The maximum Gasteiger partial charge on any atom is 0.312 e. The minimum absolute atomic E-state index is 0.0539. The second-order valence-electron chi connectivity index (χ2n) is 10.4. The molecule has 8 bridgehead atoms. The highest BCUT2D eigenvalue weighted by Crippen LogP contribution is 2.74. The molecule has 7 rings (SSSR count). The standard InChI is InChI=1S/C21H32O2/c1-5-20(2,3)19(22)23-21(4)12-9-14-13-6-11-7-16(14)18(21)17(8-11)15(13)10-12/h11-18H,5-10H2,1-4H3. The molecule has 5 atom stereocenters. The zero-order valence-electron chi connectivity index (χ0n) is 15.2. The summed E-state index contributed by atoms with van der Waals surface area (Å²) in [5.41, 5.74) is -0.506. The van der Waals surface area contributed by atoms with Gasteiger partial charge < -0.3 is 4.74 Å². The Morgan fingerprint density at radius 2 is 1.52 bits per heavy atom. The number of ether oxygens (including phenoxy) is 1. The van der Waals surface area contributed by atoms with Gasteiger partial charge in [0.25, 0.3) is 0 Å². The maximum absolute atomic E-state index is 12.9. The van der Waals surface area contributed by atoms with Gasteiger partial charge in [-0.3, -0.25) is 4.79 Å². The molecule has 0 heterocycles. The SMILES string of the molecule is CCC(C)(C)C(=O)OC1(C)C2CC3C4CC5CC3C1C(C5)C4C2. The molecular weight excluding hydrogens is 284 g/mol. The van der Waals surface area contributed by atoms with Crippen molar-refractivity contribution in [2.75, 3.05) is 0 Å². The lowest BCUT2D eigenvalue weighted by atomic mass is 9.33. The molecule has 2 heteroatoms. The van der Waals surface area contributed by atoms with Gasteiger partial charge >= 0.3 is 5.97 Å². The largest absolute Gasteiger partial charge is 0.458 e. The fraction of sp³-hybridized carbons (Fsp3) is 0.952. The molecule has 2 nitrogen and oxygen atoms in total. The third-order valence-electron chi connectivity index (χ3n) is 9.27. The molecule has 0 aliphatic heterocycles. The summed E-state index contributed by atoms with van der Waals surface area (Å²) >= 11 is 0. The molecule has 7 aliphatic carbocycles. The van der Waals surface area contributed by atoms with Gasteiger partial charge in [0.15, 0.2) is 0 Å². The van der Waals surface area contributed by atoms with Crippen LogP contribution in [0.5, 0.6) is 0 Å². The van der Waals surface area contributed by atoms with Crippen molar-refractivity contribution in [3.05, 3.63) is 0 Å². The lowest BCUT2D eigenvalue weighted by Crippen LogP contribution is -2.72. The van der Waals surface area contributed by atoms with Crippen LogP contribution in [-0.4, -0.2) is 11.6 Å². The Kier molecular flexibility index (Phi) is 2.80. The number of rotatable bonds is 3. The minimum Gasteiger partial charge on any atom is -0.458 e. The fourth-order valence-corrected chi connectivity index (χ4v) is 7.91.